The van der Waals surface area contributed by atoms with Crippen LogP contribution in [-0.4, -0.2) is 43.6 Å². The van der Waals surface area contributed by atoms with Gasteiger partial charge in [0.15, 0.2) is 23.2 Å². The third kappa shape index (κ3) is 1.83. The largest absolute Gasteiger partial charge is 0.349 e. The SMILES string of the molecule is C[C@H]1O[C@@H](n2cnc3c(=O)[nH]cnc32)[C@@H]2OC(C)(C)O[C@@H]21. The summed E-state index contributed by atoms with van der Waals surface area (Å²) in [7, 11) is 0. The van der Waals surface area contributed by atoms with Crippen LogP contribution in [0.1, 0.15) is 27.0 Å². The van der Waals surface area contributed by atoms with Crippen molar-refractivity contribution in [3.8, 4) is 0 Å². The molecule has 0 saturated carbocycles. The predicted octanol–water partition coefficient (Wildman–Crippen LogP) is 0.557. The van der Waals surface area contributed by atoms with Gasteiger partial charge in [-0.1, -0.05) is 0 Å². The summed E-state index contributed by atoms with van der Waals surface area (Å²) >= 11 is 0. The lowest BCUT2D eigenvalue weighted by molar-refractivity contribution is -0.194. The highest BCUT2D eigenvalue weighted by Gasteiger charge is 2.54. The Labute approximate surface area is 120 Å². The number of hydrogen-bond donors (Lipinski definition) is 1. The first-order valence-corrected chi connectivity index (χ1v) is 6.87. The quantitative estimate of drug-likeness (QED) is 0.825. The van der Waals surface area contributed by atoms with E-state index in [0.717, 1.165) is 0 Å². The molecule has 2 saturated heterocycles. The summed E-state index contributed by atoms with van der Waals surface area (Å²) in [6.07, 6.45) is 1.99. The highest BCUT2D eigenvalue weighted by molar-refractivity contribution is 5.68. The average Bonchev–Trinajstić information content (AvgIpc) is 3.04. The van der Waals surface area contributed by atoms with Gasteiger partial charge in [0.1, 0.15) is 12.2 Å². The Hall–Kier alpha value is -1.77. The number of nitrogens with zero attached hydrogens (tertiary/aromatic N) is 3. The minimum atomic E-state index is -0.646. The first-order chi connectivity index (χ1) is 9.96. The monoisotopic (exact) mass is 292 g/mol. The van der Waals surface area contributed by atoms with Crippen LogP contribution in [0.15, 0.2) is 17.4 Å². The highest BCUT2D eigenvalue weighted by atomic mass is 16.8. The van der Waals surface area contributed by atoms with Crippen molar-refractivity contribution < 1.29 is 14.2 Å². The molecule has 2 aromatic rings. The zero-order chi connectivity index (χ0) is 14.8. The van der Waals surface area contributed by atoms with Gasteiger partial charge in [-0.25, -0.2) is 9.97 Å². The summed E-state index contributed by atoms with van der Waals surface area (Å²) in [4.78, 5) is 22.6. The van der Waals surface area contributed by atoms with E-state index in [1.807, 2.05) is 20.8 Å². The number of aromatic amines is 1. The van der Waals surface area contributed by atoms with Crippen molar-refractivity contribution in [3.05, 3.63) is 23.0 Å². The molecule has 2 aromatic heterocycles. The van der Waals surface area contributed by atoms with Gasteiger partial charge in [0.05, 0.1) is 18.8 Å². The maximum atomic E-state index is 11.7. The van der Waals surface area contributed by atoms with Gasteiger partial charge in [-0.15, -0.1) is 0 Å². The number of H-pyrrole nitrogens is 1. The van der Waals surface area contributed by atoms with Crippen LogP contribution in [0.25, 0.3) is 11.2 Å². The van der Waals surface area contributed by atoms with E-state index in [4.69, 9.17) is 14.2 Å². The van der Waals surface area contributed by atoms with E-state index in [-0.39, 0.29) is 29.4 Å². The van der Waals surface area contributed by atoms with Crippen molar-refractivity contribution in [2.24, 2.45) is 0 Å². The Morgan fingerprint density at radius 1 is 1.29 bits per heavy atom. The Morgan fingerprint density at radius 3 is 2.86 bits per heavy atom. The Balaban J connectivity index is 1.79. The van der Waals surface area contributed by atoms with E-state index in [1.165, 1.54) is 6.33 Å². The zero-order valence-corrected chi connectivity index (χ0v) is 11.9. The minimum absolute atomic E-state index is 0.110. The number of aromatic nitrogens is 4. The van der Waals surface area contributed by atoms with E-state index in [0.29, 0.717) is 5.65 Å². The van der Waals surface area contributed by atoms with Crippen LogP contribution in [0, 0.1) is 0 Å². The second-order valence-electron chi connectivity index (χ2n) is 5.85. The van der Waals surface area contributed by atoms with Gasteiger partial charge in [0.2, 0.25) is 0 Å². The van der Waals surface area contributed by atoms with Gasteiger partial charge in [0, 0.05) is 0 Å². The molecule has 2 aliphatic heterocycles. The van der Waals surface area contributed by atoms with Crippen molar-refractivity contribution >= 4 is 11.2 Å². The lowest BCUT2D eigenvalue weighted by Gasteiger charge is -2.23. The molecule has 4 atom stereocenters. The Morgan fingerprint density at radius 2 is 2.05 bits per heavy atom. The summed E-state index contributed by atoms with van der Waals surface area (Å²) in [5.41, 5.74) is 0.491. The average molecular weight is 292 g/mol. The smallest absolute Gasteiger partial charge is 0.278 e. The van der Waals surface area contributed by atoms with Gasteiger partial charge in [-0.2, -0.15) is 0 Å². The summed E-state index contributed by atoms with van der Waals surface area (Å²) in [6.45, 7) is 5.70. The van der Waals surface area contributed by atoms with Crippen LogP contribution in [-0.2, 0) is 14.2 Å². The van der Waals surface area contributed by atoms with Crippen LogP contribution in [0.5, 0.6) is 0 Å². The van der Waals surface area contributed by atoms with E-state index in [9.17, 15) is 4.79 Å². The molecule has 8 nitrogen and oxygen atoms in total. The molecule has 0 spiro atoms. The maximum absolute atomic E-state index is 11.7. The molecule has 112 valence electrons. The summed E-state index contributed by atoms with van der Waals surface area (Å²) in [6, 6.07) is 0. The normalized spacial score (nSPS) is 34.4. The van der Waals surface area contributed by atoms with E-state index < -0.39 is 12.0 Å². The number of rotatable bonds is 1. The summed E-state index contributed by atoms with van der Waals surface area (Å²) in [5, 5.41) is 0. The third-order valence-electron chi connectivity index (χ3n) is 3.90. The molecule has 0 bridgehead atoms. The van der Waals surface area contributed by atoms with Crippen LogP contribution < -0.4 is 5.56 Å². The molecule has 8 heteroatoms. The number of imidazole rings is 1. The number of nitrogens with one attached hydrogen (secondary N) is 1. The van der Waals surface area contributed by atoms with E-state index in [1.54, 1.807) is 10.9 Å². The molecular formula is C13H16N4O4. The van der Waals surface area contributed by atoms with E-state index in [2.05, 4.69) is 15.0 Å². The third-order valence-corrected chi connectivity index (χ3v) is 3.90. The lowest BCUT2D eigenvalue weighted by atomic mass is 10.1. The molecule has 0 radical (unpaired) electrons. The molecule has 2 fully saturated rings. The van der Waals surface area contributed by atoms with Gasteiger partial charge < -0.3 is 19.2 Å². The summed E-state index contributed by atoms with van der Waals surface area (Å²) in [5.74, 6) is -0.646. The van der Waals surface area contributed by atoms with Crippen LogP contribution >= 0.6 is 0 Å². The Kier molecular flexibility index (Phi) is 2.54. The van der Waals surface area contributed by atoms with Crippen LogP contribution in [0.3, 0.4) is 0 Å². The molecule has 1 N–H and O–H groups in total. The minimum Gasteiger partial charge on any atom is -0.349 e. The van der Waals surface area contributed by atoms with E-state index >= 15 is 0 Å². The fraction of sp³-hybridized carbons (Fsp3) is 0.615. The van der Waals surface area contributed by atoms with Crippen molar-refractivity contribution in [2.45, 2.75) is 51.1 Å². The second-order valence-corrected chi connectivity index (χ2v) is 5.85. The number of fused-ring (bicyclic) bond motifs is 2. The fourth-order valence-corrected chi connectivity index (χ4v) is 3.05. The van der Waals surface area contributed by atoms with Gasteiger partial charge in [0.25, 0.3) is 5.56 Å². The lowest BCUT2D eigenvalue weighted by Crippen LogP contribution is -2.27. The molecule has 0 aliphatic carbocycles. The first kappa shape index (κ1) is 12.9. The first-order valence-electron chi connectivity index (χ1n) is 6.87. The van der Waals surface area contributed by atoms with Crippen LogP contribution in [0.2, 0.25) is 0 Å². The van der Waals surface area contributed by atoms with Gasteiger partial charge in [-0.3, -0.25) is 9.36 Å². The standard InChI is InChI=1S/C13H16N4O4/c1-6-8-9(21-13(2,3)20-8)12(19-6)17-5-16-7-10(17)14-4-15-11(7)18/h4-6,8-9,12H,1-3H3,(H,14,15,18)/t6-,8-,9-,12-/m1/s1. The summed E-state index contributed by atoms with van der Waals surface area (Å²) < 4.78 is 19.5. The predicted molar refractivity (Wildman–Crippen MR) is 71.6 cm³/mol. The van der Waals surface area contributed by atoms with Gasteiger partial charge in [-0.05, 0) is 20.8 Å². The maximum Gasteiger partial charge on any atom is 0.278 e. The van der Waals surface area contributed by atoms with Crippen molar-refractivity contribution in [2.75, 3.05) is 0 Å². The fourth-order valence-electron chi connectivity index (χ4n) is 3.05. The number of ether oxygens (including phenoxy) is 3. The topological polar surface area (TPSA) is 91.3 Å². The van der Waals surface area contributed by atoms with Crippen molar-refractivity contribution in [3.63, 3.8) is 0 Å². The molecule has 4 rings (SSSR count). The Bertz CT molecular complexity index is 752. The molecule has 0 unspecified atom stereocenters. The zero-order valence-electron chi connectivity index (χ0n) is 11.9. The highest BCUT2D eigenvalue weighted by Crippen LogP contribution is 2.43. The molecule has 0 aromatic carbocycles. The van der Waals surface area contributed by atoms with Crippen LogP contribution in [0.4, 0.5) is 0 Å². The molecular weight excluding hydrogens is 276 g/mol. The number of hydrogen-bond acceptors (Lipinski definition) is 6. The molecule has 2 aliphatic rings. The molecule has 21 heavy (non-hydrogen) atoms. The molecule has 0 amide bonds. The molecule has 4 heterocycles. The second kappa shape index (κ2) is 4.12. The van der Waals surface area contributed by atoms with Gasteiger partial charge >= 0.3 is 0 Å². The van der Waals surface area contributed by atoms with Crippen molar-refractivity contribution in [1.29, 1.82) is 0 Å². The van der Waals surface area contributed by atoms with Crippen molar-refractivity contribution in [1.82, 2.24) is 19.5 Å².